The number of rotatable bonds is 5. The zero-order chi connectivity index (χ0) is 13.8. The largest absolute Gasteiger partial charge is 0.504 e. The summed E-state index contributed by atoms with van der Waals surface area (Å²) in [6.07, 6.45) is 0.681. The third kappa shape index (κ3) is 3.63. The molecule has 5 heteroatoms. The van der Waals surface area contributed by atoms with Crippen LogP contribution in [-0.4, -0.2) is 30.2 Å². The van der Waals surface area contributed by atoms with Gasteiger partial charge in [-0.1, -0.05) is 0 Å². The van der Waals surface area contributed by atoms with Gasteiger partial charge >= 0.3 is 0 Å². The molecule has 4 N–H and O–H groups in total. The van der Waals surface area contributed by atoms with Gasteiger partial charge in [-0.3, -0.25) is 4.79 Å². The van der Waals surface area contributed by atoms with Crippen molar-refractivity contribution in [3.05, 3.63) is 23.8 Å². The molecule has 5 nitrogen and oxygen atoms in total. The monoisotopic (exact) mass is 252 g/mol. The van der Waals surface area contributed by atoms with Gasteiger partial charge in [0.2, 0.25) is 0 Å². The van der Waals surface area contributed by atoms with Crippen molar-refractivity contribution in [1.29, 1.82) is 0 Å². The first-order valence-electron chi connectivity index (χ1n) is 5.79. The molecule has 0 saturated heterocycles. The lowest BCUT2D eigenvalue weighted by atomic mass is 10.00. The molecule has 1 amide bonds. The number of ether oxygens (including phenoxy) is 1. The molecule has 0 aliphatic carbocycles. The van der Waals surface area contributed by atoms with Gasteiger partial charge in [-0.25, -0.2) is 0 Å². The van der Waals surface area contributed by atoms with Crippen LogP contribution >= 0.6 is 0 Å². The molecule has 0 aliphatic rings. The van der Waals surface area contributed by atoms with E-state index < -0.39 is 0 Å². The van der Waals surface area contributed by atoms with Crippen LogP contribution < -0.4 is 15.8 Å². The molecule has 0 heterocycles. The molecular formula is C13H20N2O3. The zero-order valence-electron chi connectivity index (χ0n) is 11.0. The molecule has 0 radical (unpaired) electrons. The number of carbonyl (C=O) groups is 1. The van der Waals surface area contributed by atoms with Crippen LogP contribution in [0.4, 0.5) is 0 Å². The molecule has 0 spiro atoms. The maximum atomic E-state index is 12.0. The van der Waals surface area contributed by atoms with Crippen LogP contribution in [0.5, 0.6) is 11.5 Å². The molecule has 1 rings (SSSR count). The van der Waals surface area contributed by atoms with Crippen LogP contribution in [0.25, 0.3) is 0 Å². The Balaban J connectivity index is 2.82. The molecule has 1 aromatic carbocycles. The number of benzene rings is 1. The van der Waals surface area contributed by atoms with Crippen molar-refractivity contribution in [2.24, 2.45) is 5.73 Å². The average molecular weight is 252 g/mol. The van der Waals surface area contributed by atoms with Crippen LogP contribution in [-0.2, 0) is 0 Å². The van der Waals surface area contributed by atoms with E-state index in [-0.39, 0.29) is 17.2 Å². The number of hydrogen-bond donors (Lipinski definition) is 3. The fourth-order valence-electron chi connectivity index (χ4n) is 1.63. The maximum absolute atomic E-state index is 12.0. The first-order valence-corrected chi connectivity index (χ1v) is 5.79. The average Bonchev–Trinajstić information content (AvgIpc) is 2.28. The summed E-state index contributed by atoms with van der Waals surface area (Å²) in [5, 5.41) is 12.5. The summed E-state index contributed by atoms with van der Waals surface area (Å²) < 4.78 is 4.92. The minimum atomic E-state index is -0.374. The van der Waals surface area contributed by atoms with Gasteiger partial charge in [0.05, 0.1) is 7.11 Å². The van der Waals surface area contributed by atoms with Crippen LogP contribution in [0, 0.1) is 0 Å². The van der Waals surface area contributed by atoms with Crippen molar-refractivity contribution in [1.82, 2.24) is 5.32 Å². The number of nitrogens with two attached hydrogens (primary N) is 1. The molecule has 0 saturated carbocycles. The van der Waals surface area contributed by atoms with E-state index in [1.165, 1.54) is 13.2 Å². The normalized spacial score (nSPS) is 11.1. The third-order valence-corrected chi connectivity index (χ3v) is 2.66. The Morgan fingerprint density at radius 1 is 1.50 bits per heavy atom. The zero-order valence-corrected chi connectivity index (χ0v) is 11.0. The van der Waals surface area contributed by atoms with Crippen molar-refractivity contribution in [3.8, 4) is 11.5 Å². The Bertz CT molecular complexity index is 430. The highest BCUT2D eigenvalue weighted by atomic mass is 16.5. The van der Waals surface area contributed by atoms with Gasteiger partial charge in [-0.05, 0) is 45.0 Å². The molecule has 0 fully saturated rings. The lowest BCUT2D eigenvalue weighted by molar-refractivity contribution is 0.0910. The number of methoxy groups -OCH3 is 1. The number of aromatic hydroxyl groups is 1. The van der Waals surface area contributed by atoms with Crippen molar-refractivity contribution < 1.29 is 14.6 Å². The fraction of sp³-hybridized carbons (Fsp3) is 0.462. The van der Waals surface area contributed by atoms with Crippen molar-refractivity contribution in [2.75, 3.05) is 13.7 Å². The predicted octanol–water partition coefficient (Wildman–Crippen LogP) is 1.26. The summed E-state index contributed by atoms with van der Waals surface area (Å²) in [6.45, 7) is 4.31. The lowest BCUT2D eigenvalue weighted by Gasteiger charge is -2.25. The number of carbonyl (C=O) groups excluding carboxylic acids is 1. The van der Waals surface area contributed by atoms with Gasteiger partial charge < -0.3 is 20.9 Å². The SMILES string of the molecule is COc1ccc(C(=O)NC(C)(C)CCN)cc1O. The van der Waals surface area contributed by atoms with Gasteiger partial charge in [0.15, 0.2) is 11.5 Å². The molecule has 0 aliphatic heterocycles. The van der Waals surface area contributed by atoms with Crippen LogP contribution in [0.15, 0.2) is 18.2 Å². The number of amides is 1. The second kappa shape index (κ2) is 5.73. The van der Waals surface area contributed by atoms with Crippen molar-refractivity contribution >= 4 is 5.91 Å². The maximum Gasteiger partial charge on any atom is 0.251 e. The molecule has 0 bridgehead atoms. The second-order valence-corrected chi connectivity index (χ2v) is 4.76. The Kier molecular flexibility index (Phi) is 4.55. The van der Waals surface area contributed by atoms with Gasteiger partial charge in [0.1, 0.15) is 0 Å². The van der Waals surface area contributed by atoms with E-state index in [4.69, 9.17) is 10.5 Å². The summed E-state index contributed by atoms with van der Waals surface area (Å²) in [4.78, 5) is 12.0. The molecule has 0 atom stereocenters. The van der Waals surface area contributed by atoms with E-state index in [1.807, 2.05) is 13.8 Å². The second-order valence-electron chi connectivity index (χ2n) is 4.76. The number of nitrogens with one attached hydrogen (secondary N) is 1. The summed E-state index contributed by atoms with van der Waals surface area (Å²) in [5.74, 6) is 0.0425. The fourth-order valence-corrected chi connectivity index (χ4v) is 1.63. The number of hydrogen-bond acceptors (Lipinski definition) is 4. The van der Waals surface area contributed by atoms with Gasteiger partial charge in [0.25, 0.3) is 5.91 Å². The minimum absolute atomic E-state index is 0.0539. The Hall–Kier alpha value is -1.75. The molecule has 100 valence electrons. The predicted molar refractivity (Wildman–Crippen MR) is 69.9 cm³/mol. The van der Waals surface area contributed by atoms with E-state index in [0.717, 1.165) is 0 Å². The summed E-state index contributed by atoms with van der Waals surface area (Å²) in [5.41, 5.74) is 5.50. The summed E-state index contributed by atoms with van der Waals surface area (Å²) in [6, 6.07) is 4.54. The molecule has 1 aromatic rings. The van der Waals surface area contributed by atoms with E-state index in [1.54, 1.807) is 12.1 Å². The Morgan fingerprint density at radius 2 is 2.17 bits per heavy atom. The smallest absolute Gasteiger partial charge is 0.251 e. The van der Waals surface area contributed by atoms with Crippen LogP contribution in [0.3, 0.4) is 0 Å². The van der Waals surface area contributed by atoms with E-state index in [9.17, 15) is 9.90 Å². The van der Waals surface area contributed by atoms with Gasteiger partial charge in [0, 0.05) is 11.1 Å². The third-order valence-electron chi connectivity index (χ3n) is 2.66. The standard InChI is InChI=1S/C13H20N2O3/c1-13(2,6-7-14)15-12(17)9-4-5-11(18-3)10(16)8-9/h4-5,8,16H,6-7,14H2,1-3H3,(H,15,17). The van der Waals surface area contributed by atoms with Crippen LogP contribution in [0.2, 0.25) is 0 Å². The number of phenolic OH excluding ortho intramolecular Hbond substituents is 1. The first kappa shape index (κ1) is 14.3. The highest BCUT2D eigenvalue weighted by Gasteiger charge is 2.20. The lowest BCUT2D eigenvalue weighted by Crippen LogP contribution is -2.44. The van der Waals surface area contributed by atoms with E-state index in [0.29, 0.717) is 24.3 Å². The summed E-state index contributed by atoms with van der Waals surface area (Å²) >= 11 is 0. The summed E-state index contributed by atoms with van der Waals surface area (Å²) in [7, 11) is 1.46. The molecule has 0 unspecified atom stereocenters. The Labute approximate surface area is 107 Å². The molecule has 0 aromatic heterocycles. The number of phenols is 1. The molecule has 18 heavy (non-hydrogen) atoms. The van der Waals surface area contributed by atoms with E-state index in [2.05, 4.69) is 5.32 Å². The van der Waals surface area contributed by atoms with Gasteiger partial charge in [-0.2, -0.15) is 0 Å². The van der Waals surface area contributed by atoms with Crippen LogP contribution in [0.1, 0.15) is 30.6 Å². The highest BCUT2D eigenvalue weighted by Crippen LogP contribution is 2.26. The minimum Gasteiger partial charge on any atom is -0.504 e. The highest BCUT2D eigenvalue weighted by molar-refractivity contribution is 5.95. The quantitative estimate of drug-likeness (QED) is 0.736. The van der Waals surface area contributed by atoms with Crippen molar-refractivity contribution in [2.45, 2.75) is 25.8 Å². The first-order chi connectivity index (χ1) is 8.39. The van der Waals surface area contributed by atoms with Crippen molar-refractivity contribution in [3.63, 3.8) is 0 Å². The van der Waals surface area contributed by atoms with E-state index >= 15 is 0 Å². The topological polar surface area (TPSA) is 84.6 Å². The Morgan fingerprint density at radius 3 is 2.67 bits per heavy atom. The molecular weight excluding hydrogens is 232 g/mol. The van der Waals surface area contributed by atoms with Gasteiger partial charge in [-0.15, -0.1) is 0 Å².